The van der Waals surface area contributed by atoms with Crippen LogP contribution in [0.25, 0.3) is 0 Å². The monoisotopic (exact) mass is 1010 g/mol. The van der Waals surface area contributed by atoms with Crippen LogP contribution in [-0.2, 0) is 28.6 Å². The third-order valence-corrected chi connectivity index (χ3v) is 13.8. The molecule has 0 fully saturated rings. The van der Waals surface area contributed by atoms with Crippen LogP contribution in [0.4, 0.5) is 0 Å². The number of hydrogen-bond donors (Lipinski definition) is 0. The van der Waals surface area contributed by atoms with Crippen molar-refractivity contribution in [3.8, 4) is 0 Å². The van der Waals surface area contributed by atoms with Gasteiger partial charge in [0.2, 0.25) is 0 Å². The number of unbranched alkanes of at least 4 members (excludes halogenated alkanes) is 36. The minimum atomic E-state index is -0.787. The van der Waals surface area contributed by atoms with Gasteiger partial charge in [0.15, 0.2) is 6.10 Å². The van der Waals surface area contributed by atoms with Crippen molar-refractivity contribution < 1.29 is 28.6 Å². The van der Waals surface area contributed by atoms with Gasteiger partial charge in [-0.2, -0.15) is 0 Å². The third kappa shape index (κ3) is 58.0. The Bertz CT molecular complexity index is 1290. The van der Waals surface area contributed by atoms with E-state index in [0.717, 1.165) is 103 Å². The largest absolute Gasteiger partial charge is 0.462 e. The number of allylic oxidation sites excluding steroid dienone is 10. The molecule has 0 bridgehead atoms. The van der Waals surface area contributed by atoms with Crippen molar-refractivity contribution in [2.24, 2.45) is 0 Å². The van der Waals surface area contributed by atoms with Gasteiger partial charge in [-0.3, -0.25) is 14.4 Å². The van der Waals surface area contributed by atoms with Gasteiger partial charge < -0.3 is 14.2 Å². The van der Waals surface area contributed by atoms with Gasteiger partial charge in [0.25, 0.3) is 0 Å². The zero-order valence-corrected chi connectivity index (χ0v) is 47.9. The highest BCUT2D eigenvalue weighted by molar-refractivity contribution is 5.71. The average Bonchev–Trinajstić information content (AvgIpc) is 3.38. The van der Waals surface area contributed by atoms with Crippen LogP contribution in [-0.4, -0.2) is 37.2 Å². The molecule has 0 aromatic heterocycles. The Morgan fingerprint density at radius 3 is 0.847 bits per heavy atom. The van der Waals surface area contributed by atoms with Gasteiger partial charge in [-0.25, -0.2) is 0 Å². The number of rotatable bonds is 57. The molecule has 1 atom stereocenters. The van der Waals surface area contributed by atoms with E-state index in [1.54, 1.807) is 0 Å². The molecule has 0 radical (unpaired) electrons. The number of carbonyl (C=O) groups excluding carboxylic acids is 3. The van der Waals surface area contributed by atoms with Crippen LogP contribution in [0.1, 0.15) is 323 Å². The van der Waals surface area contributed by atoms with E-state index in [1.165, 1.54) is 180 Å². The Balaban J connectivity index is 3.99. The molecule has 6 heteroatoms. The Labute approximate surface area is 447 Å². The lowest BCUT2D eigenvalue weighted by Gasteiger charge is -2.18. The first kappa shape index (κ1) is 69.1. The topological polar surface area (TPSA) is 78.9 Å². The summed E-state index contributed by atoms with van der Waals surface area (Å²) in [5.74, 6) is -0.920. The van der Waals surface area contributed by atoms with Crippen molar-refractivity contribution in [3.63, 3.8) is 0 Å². The second-order valence-electron chi connectivity index (χ2n) is 21.0. The van der Waals surface area contributed by atoms with E-state index in [2.05, 4.69) is 81.5 Å². The highest BCUT2D eigenvalue weighted by atomic mass is 16.6. The lowest BCUT2D eigenvalue weighted by molar-refractivity contribution is -0.167. The fourth-order valence-corrected chi connectivity index (χ4v) is 9.12. The van der Waals surface area contributed by atoms with Crippen LogP contribution in [0.5, 0.6) is 0 Å². The van der Waals surface area contributed by atoms with Crippen molar-refractivity contribution >= 4 is 17.9 Å². The Kier molecular flexibility index (Phi) is 58.2. The van der Waals surface area contributed by atoms with E-state index in [1.807, 2.05) is 0 Å². The highest BCUT2D eigenvalue weighted by Crippen LogP contribution is 2.18. The fraction of sp³-hybridized carbons (Fsp3) is 0.803. The molecule has 1 unspecified atom stereocenters. The van der Waals surface area contributed by atoms with Crippen molar-refractivity contribution in [1.29, 1.82) is 0 Å². The van der Waals surface area contributed by atoms with Crippen LogP contribution in [0.15, 0.2) is 60.8 Å². The molecule has 0 aliphatic heterocycles. The van der Waals surface area contributed by atoms with Crippen LogP contribution < -0.4 is 0 Å². The van der Waals surface area contributed by atoms with Crippen LogP contribution >= 0.6 is 0 Å². The van der Waals surface area contributed by atoms with Crippen molar-refractivity contribution in [2.45, 2.75) is 329 Å². The Morgan fingerprint density at radius 2 is 0.542 bits per heavy atom. The maximum atomic E-state index is 12.8. The average molecular weight is 1010 g/mol. The molecule has 0 amide bonds. The van der Waals surface area contributed by atoms with E-state index in [0.29, 0.717) is 19.3 Å². The van der Waals surface area contributed by atoms with E-state index in [-0.39, 0.29) is 31.1 Å². The first-order valence-corrected chi connectivity index (χ1v) is 31.3. The van der Waals surface area contributed by atoms with Gasteiger partial charge in [-0.15, -0.1) is 0 Å². The summed E-state index contributed by atoms with van der Waals surface area (Å²) in [4.78, 5) is 37.8. The molecule has 0 heterocycles. The normalized spacial score (nSPS) is 12.4. The molecule has 0 saturated carbocycles. The van der Waals surface area contributed by atoms with E-state index in [4.69, 9.17) is 14.2 Å². The summed E-state index contributed by atoms with van der Waals surface area (Å²) in [6.07, 6.45) is 77.2. The summed E-state index contributed by atoms with van der Waals surface area (Å²) in [5, 5.41) is 0. The SMILES string of the molecule is CC/C=C\C/C=C\C/C=C\C/C=C\C/C=C\CCCCCC(=O)OC(COC(=O)CCCCCCC)COC(=O)CCCCCCCCCCCCCCCCCCCCCCCCCCCCCCCC. The lowest BCUT2D eigenvalue weighted by atomic mass is 10.0. The van der Waals surface area contributed by atoms with Gasteiger partial charge in [-0.1, -0.05) is 300 Å². The maximum Gasteiger partial charge on any atom is 0.306 e. The van der Waals surface area contributed by atoms with Gasteiger partial charge in [0.05, 0.1) is 0 Å². The molecule has 418 valence electrons. The molecule has 0 aromatic rings. The molecule has 6 nitrogen and oxygen atoms in total. The smallest absolute Gasteiger partial charge is 0.306 e. The van der Waals surface area contributed by atoms with Gasteiger partial charge in [0, 0.05) is 19.3 Å². The molecular weight excluding hydrogens is 889 g/mol. The predicted octanol–water partition coefficient (Wildman–Crippen LogP) is 21.2. The molecule has 0 rings (SSSR count). The highest BCUT2D eigenvalue weighted by Gasteiger charge is 2.19. The van der Waals surface area contributed by atoms with E-state index in [9.17, 15) is 14.4 Å². The second-order valence-corrected chi connectivity index (χ2v) is 21.0. The quantitative estimate of drug-likeness (QED) is 0.0261. The summed E-state index contributed by atoms with van der Waals surface area (Å²) in [6, 6.07) is 0. The van der Waals surface area contributed by atoms with Crippen molar-refractivity contribution in [3.05, 3.63) is 60.8 Å². The summed E-state index contributed by atoms with van der Waals surface area (Å²) < 4.78 is 16.7. The van der Waals surface area contributed by atoms with E-state index >= 15 is 0 Å². The van der Waals surface area contributed by atoms with Gasteiger partial charge in [-0.05, 0) is 64.2 Å². The molecule has 0 aromatic carbocycles. The minimum Gasteiger partial charge on any atom is -0.462 e. The predicted molar refractivity (Wildman–Crippen MR) is 312 cm³/mol. The molecule has 0 saturated heterocycles. The number of carbonyl (C=O) groups is 3. The van der Waals surface area contributed by atoms with Crippen molar-refractivity contribution in [1.82, 2.24) is 0 Å². The molecule has 0 N–H and O–H groups in total. The third-order valence-electron chi connectivity index (χ3n) is 13.8. The molecule has 0 spiro atoms. The lowest BCUT2D eigenvalue weighted by Crippen LogP contribution is -2.30. The van der Waals surface area contributed by atoms with Gasteiger partial charge in [0.1, 0.15) is 13.2 Å². The summed E-state index contributed by atoms with van der Waals surface area (Å²) in [7, 11) is 0. The first-order valence-electron chi connectivity index (χ1n) is 31.3. The van der Waals surface area contributed by atoms with E-state index < -0.39 is 6.10 Å². The summed E-state index contributed by atoms with van der Waals surface area (Å²) in [5.41, 5.74) is 0. The standard InChI is InChI=1S/C66H118O6/c1-4-7-10-13-15-17-19-21-23-25-27-28-29-30-31-32-33-34-35-36-37-39-40-42-44-46-48-50-53-56-59-65(68)71-62-63(61-70-64(67)58-55-52-12-9-6-3)72-66(69)60-57-54-51-49-47-45-43-41-38-26-24-22-20-18-16-14-11-8-5-2/h8,11,16,18,22,24,38,41,45,47,63H,4-7,9-10,12-15,17,19-21,23,25-37,39-40,42-44,46,48-62H2,1-3H3/b11-8-,18-16-,24-22-,41-38-,47-45-. The zero-order valence-electron chi connectivity index (χ0n) is 47.9. The molecule has 0 aliphatic carbocycles. The number of ether oxygens (including phenoxy) is 3. The Morgan fingerprint density at radius 1 is 0.292 bits per heavy atom. The van der Waals surface area contributed by atoms with Crippen LogP contribution in [0.3, 0.4) is 0 Å². The summed E-state index contributed by atoms with van der Waals surface area (Å²) in [6.45, 7) is 6.45. The minimum absolute atomic E-state index is 0.0853. The molecular formula is C66H118O6. The van der Waals surface area contributed by atoms with Gasteiger partial charge >= 0.3 is 17.9 Å². The molecule has 72 heavy (non-hydrogen) atoms. The van der Waals surface area contributed by atoms with Crippen LogP contribution in [0, 0.1) is 0 Å². The number of hydrogen-bond acceptors (Lipinski definition) is 6. The molecule has 0 aliphatic rings. The van der Waals surface area contributed by atoms with Crippen LogP contribution in [0.2, 0.25) is 0 Å². The summed E-state index contributed by atoms with van der Waals surface area (Å²) >= 11 is 0. The Hall–Kier alpha value is -2.89. The second kappa shape index (κ2) is 60.7. The number of esters is 3. The maximum absolute atomic E-state index is 12.8. The first-order chi connectivity index (χ1) is 35.5. The van der Waals surface area contributed by atoms with Crippen molar-refractivity contribution in [2.75, 3.05) is 13.2 Å². The fourth-order valence-electron chi connectivity index (χ4n) is 9.12. The zero-order chi connectivity index (χ0) is 52.2.